The van der Waals surface area contributed by atoms with E-state index in [1.165, 1.54) is 23.1 Å². The lowest BCUT2D eigenvalue weighted by Gasteiger charge is -2.28. The summed E-state index contributed by atoms with van der Waals surface area (Å²) in [6.45, 7) is 9.07. The van der Waals surface area contributed by atoms with Crippen LogP contribution in [-0.4, -0.2) is 30.9 Å². The van der Waals surface area contributed by atoms with Crippen LogP contribution in [0.25, 0.3) is 0 Å². The van der Waals surface area contributed by atoms with E-state index < -0.39 is 5.54 Å². The summed E-state index contributed by atoms with van der Waals surface area (Å²) in [6.07, 6.45) is 1.74. The number of rotatable bonds is 8. The highest BCUT2D eigenvalue weighted by Gasteiger charge is 2.33. The lowest BCUT2D eigenvalue weighted by atomic mass is 9.99. The summed E-state index contributed by atoms with van der Waals surface area (Å²) in [7, 11) is 1.45. The fourth-order valence-corrected chi connectivity index (χ4v) is 3.40. The zero-order chi connectivity index (χ0) is 15.9. The molecule has 0 aliphatic rings. The molecular weight excluding hydrogens is 282 g/mol. The Morgan fingerprint density at radius 1 is 1.38 bits per heavy atom. The molecule has 1 unspecified atom stereocenters. The van der Waals surface area contributed by atoms with E-state index in [0.717, 1.165) is 25.1 Å². The number of ether oxygens (including phenoxy) is 1. The molecule has 0 saturated carbocycles. The minimum Gasteiger partial charge on any atom is -0.468 e. The summed E-state index contributed by atoms with van der Waals surface area (Å²) in [5.74, 6) is 0.698. The van der Waals surface area contributed by atoms with Crippen molar-refractivity contribution < 1.29 is 9.53 Å². The fourth-order valence-electron chi connectivity index (χ4n) is 2.22. The van der Waals surface area contributed by atoms with Crippen molar-refractivity contribution in [1.29, 1.82) is 0 Å². The molecule has 0 aromatic heterocycles. The topological polar surface area (TPSA) is 38.3 Å². The van der Waals surface area contributed by atoms with Gasteiger partial charge in [0.15, 0.2) is 0 Å². The standard InChI is InChI=1S/C17H27NO2S/c1-6-10-18-17(4,16(19)20-5)9-11-21-15-8-7-13(2)12-14(15)3/h7-8,12,18H,6,9-11H2,1-5H3. The Bertz CT molecular complexity index is 476. The van der Waals surface area contributed by atoms with E-state index >= 15 is 0 Å². The molecule has 0 aliphatic carbocycles. The van der Waals surface area contributed by atoms with Gasteiger partial charge in [-0.25, -0.2) is 0 Å². The van der Waals surface area contributed by atoms with Gasteiger partial charge in [-0.2, -0.15) is 0 Å². The van der Waals surface area contributed by atoms with Crippen molar-refractivity contribution in [3.63, 3.8) is 0 Å². The molecule has 0 radical (unpaired) electrons. The van der Waals surface area contributed by atoms with Gasteiger partial charge >= 0.3 is 5.97 Å². The van der Waals surface area contributed by atoms with Crippen molar-refractivity contribution in [2.24, 2.45) is 0 Å². The monoisotopic (exact) mass is 309 g/mol. The molecule has 1 rings (SSSR count). The molecule has 0 spiro atoms. The van der Waals surface area contributed by atoms with Gasteiger partial charge in [-0.3, -0.25) is 4.79 Å². The number of thioether (sulfide) groups is 1. The van der Waals surface area contributed by atoms with Crippen LogP contribution in [0.4, 0.5) is 0 Å². The average molecular weight is 309 g/mol. The van der Waals surface area contributed by atoms with Gasteiger partial charge in [-0.1, -0.05) is 24.6 Å². The first-order chi connectivity index (χ1) is 9.92. The maximum Gasteiger partial charge on any atom is 0.325 e. The number of benzene rings is 1. The van der Waals surface area contributed by atoms with Gasteiger partial charge in [-0.15, -0.1) is 11.8 Å². The van der Waals surface area contributed by atoms with Crippen LogP contribution in [-0.2, 0) is 9.53 Å². The smallest absolute Gasteiger partial charge is 0.325 e. The summed E-state index contributed by atoms with van der Waals surface area (Å²) in [5, 5.41) is 3.32. The number of carbonyl (C=O) groups is 1. The molecule has 118 valence electrons. The van der Waals surface area contributed by atoms with Crippen molar-refractivity contribution in [2.75, 3.05) is 19.4 Å². The van der Waals surface area contributed by atoms with E-state index in [4.69, 9.17) is 4.74 Å². The van der Waals surface area contributed by atoms with Crippen LogP contribution < -0.4 is 5.32 Å². The number of aryl methyl sites for hydroxylation is 2. The normalized spacial score (nSPS) is 13.8. The largest absolute Gasteiger partial charge is 0.468 e. The minimum atomic E-state index is -0.601. The van der Waals surface area contributed by atoms with Crippen molar-refractivity contribution in [3.8, 4) is 0 Å². The second-order valence-corrected chi connectivity index (χ2v) is 6.75. The van der Waals surface area contributed by atoms with Gasteiger partial charge in [0, 0.05) is 10.6 Å². The van der Waals surface area contributed by atoms with E-state index in [1.807, 2.05) is 6.92 Å². The number of hydrogen-bond acceptors (Lipinski definition) is 4. The molecule has 1 aromatic rings. The molecule has 1 atom stereocenters. The Hall–Kier alpha value is -1.00. The summed E-state index contributed by atoms with van der Waals surface area (Å²) in [4.78, 5) is 13.3. The predicted molar refractivity (Wildman–Crippen MR) is 90.0 cm³/mol. The van der Waals surface area contributed by atoms with Crippen LogP contribution in [0.5, 0.6) is 0 Å². The maximum atomic E-state index is 12.0. The quantitative estimate of drug-likeness (QED) is 0.587. The second kappa shape index (κ2) is 8.44. The van der Waals surface area contributed by atoms with Gasteiger partial charge in [0.1, 0.15) is 5.54 Å². The first-order valence-corrected chi connectivity index (χ1v) is 8.45. The zero-order valence-electron chi connectivity index (χ0n) is 13.8. The molecule has 0 amide bonds. The highest BCUT2D eigenvalue weighted by atomic mass is 32.2. The van der Waals surface area contributed by atoms with Crippen LogP contribution in [0.2, 0.25) is 0 Å². The number of methoxy groups -OCH3 is 1. The molecule has 4 heteroatoms. The number of nitrogens with one attached hydrogen (secondary N) is 1. The Balaban J connectivity index is 2.62. The minimum absolute atomic E-state index is 0.183. The van der Waals surface area contributed by atoms with E-state index in [-0.39, 0.29) is 5.97 Å². The molecule has 0 fully saturated rings. The van der Waals surface area contributed by atoms with Gasteiger partial charge < -0.3 is 10.1 Å². The Morgan fingerprint density at radius 2 is 2.10 bits per heavy atom. The third kappa shape index (κ3) is 5.36. The third-order valence-electron chi connectivity index (χ3n) is 3.59. The number of hydrogen-bond donors (Lipinski definition) is 1. The number of carbonyl (C=O) groups excluding carboxylic acids is 1. The lowest BCUT2D eigenvalue weighted by Crippen LogP contribution is -2.50. The Labute approximate surface area is 132 Å². The molecule has 0 saturated heterocycles. The van der Waals surface area contributed by atoms with Crippen LogP contribution in [0.1, 0.15) is 37.8 Å². The van der Waals surface area contributed by atoms with Gasteiger partial charge in [0.05, 0.1) is 7.11 Å². The summed E-state index contributed by atoms with van der Waals surface area (Å²) in [6, 6.07) is 6.48. The van der Waals surface area contributed by atoms with Gasteiger partial charge in [-0.05, 0) is 51.8 Å². The Morgan fingerprint density at radius 3 is 2.67 bits per heavy atom. The van der Waals surface area contributed by atoms with E-state index in [9.17, 15) is 4.79 Å². The summed E-state index contributed by atoms with van der Waals surface area (Å²) in [5.41, 5.74) is 1.97. The average Bonchev–Trinajstić information content (AvgIpc) is 2.46. The SMILES string of the molecule is CCCNC(C)(CCSc1ccc(C)cc1C)C(=O)OC. The van der Waals surface area contributed by atoms with E-state index in [0.29, 0.717) is 0 Å². The van der Waals surface area contributed by atoms with Crippen molar-refractivity contribution >= 4 is 17.7 Å². The third-order valence-corrected chi connectivity index (χ3v) is 4.77. The van der Waals surface area contributed by atoms with E-state index in [1.54, 1.807) is 11.8 Å². The van der Waals surface area contributed by atoms with Crippen molar-refractivity contribution in [2.45, 2.75) is 51.0 Å². The summed E-state index contributed by atoms with van der Waals surface area (Å²) >= 11 is 1.80. The van der Waals surface area contributed by atoms with Gasteiger partial charge in [0.25, 0.3) is 0 Å². The van der Waals surface area contributed by atoms with Gasteiger partial charge in [0.2, 0.25) is 0 Å². The molecule has 1 aromatic carbocycles. The zero-order valence-corrected chi connectivity index (χ0v) is 14.6. The molecular formula is C17H27NO2S. The highest BCUT2D eigenvalue weighted by molar-refractivity contribution is 7.99. The fraction of sp³-hybridized carbons (Fsp3) is 0.588. The van der Waals surface area contributed by atoms with E-state index in [2.05, 4.69) is 44.3 Å². The molecule has 0 bridgehead atoms. The first-order valence-electron chi connectivity index (χ1n) is 7.46. The second-order valence-electron chi connectivity index (χ2n) is 5.62. The lowest BCUT2D eigenvalue weighted by molar-refractivity contribution is -0.148. The molecule has 1 N–H and O–H groups in total. The predicted octanol–water partition coefficient (Wildman–Crippen LogP) is 3.72. The van der Waals surface area contributed by atoms with Crippen LogP contribution in [0, 0.1) is 13.8 Å². The van der Waals surface area contributed by atoms with Crippen LogP contribution in [0.15, 0.2) is 23.1 Å². The van der Waals surface area contributed by atoms with Crippen LogP contribution in [0.3, 0.4) is 0 Å². The molecule has 0 aliphatic heterocycles. The summed E-state index contributed by atoms with van der Waals surface area (Å²) < 4.78 is 4.94. The maximum absolute atomic E-state index is 12.0. The van der Waals surface area contributed by atoms with Crippen molar-refractivity contribution in [1.82, 2.24) is 5.32 Å². The number of esters is 1. The molecule has 21 heavy (non-hydrogen) atoms. The Kier molecular flexibility index (Phi) is 7.26. The van der Waals surface area contributed by atoms with Crippen LogP contribution >= 0.6 is 11.8 Å². The van der Waals surface area contributed by atoms with Crippen molar-refractivity contribution in [3.05, 3.63) is 29.3 Å². The molecule has 3 nitrogen and oxygen atoms in total. The molecule has 0 heterocycles. The highest BCUT2D eigenvalue weighted by Crippen LogP contribution is 2.26. The first kappa shape index (κ1) is 18.1.